The summed E-state index contributed by atoms with van der Waals surface area (Å²) in [6.07, 6.45) is 5.48. The second-order valence-electron chi connectivity index (χ2n) is 20.3. The van der Waals surface area contributed by atoms with E-state index >= 15 is 4.39 Å². The smallest absolute Gasteiger partial charge is 0.343 e. The average molecular weight is 1140 g/mol. The minimum absolute atomic E-state index is 0.0211. The molecule has 0 spiro atoms. The number of benzene rings is 2. The van der Waals surface area contributed by atoms with Crippen molar-refractivity contribution < 1.29 is 71.7 Å². The molecule has 436 valence electrons. The summed E-state index contributed by atoms with van der Waals surface area (Å²) in [5, 5.41) is 30.7. The molecule has 0 radical (unpaired) electrons. The monoisotopic (exact) mass is 1130 g/mol. The zero-order valence-electron chi connectivity index (χ0n) is 45.7. The molecule has 5 aliphatic rings. The minimum Gasteiger partial charge on any atom is -0.459 e. The van der Waals surface area contributed by atoms with Crippen molar-refractivity contribution in [2.24, 2.45) is 0 Å². The van der Waals surface area contributed by atoms with Gasteiger partial charge in [0, 0.05) is 93.1 Å². The fourth-order valence-corrected chi connectivity index (χ4v) is 10.4. The van der Waals surface area contributed by atoms with Crippen molar-refractivity contribution in [2.45, 2.75) is 89.4 Å². The van der Waals surface area contributed by atoms with Gasteiger partial charge in [-0.25, -0.2) is 14.2 Å². The van der Waals surface area contributed by atoms with Crippen LogP contribution in [0.25, 0.3) is 16.6 Å². The number of halogens is 1. The fraction of sp³-hybridized carbons (Fsp3) is 0.456. The van der Waals surface area contributed by atoms with Crippen molar-refractivity contribution in [3.8, 4) is 0 Å². The Morgan fingerprint density at radius 3 is 2.24 bits per heavy atom. The van der Waals surface area contributed by atoms with E-state index in [-0.39, 0.29) is 109 Å². The number of aromatic nitrogens is 1. The topological polar surface area (TPSA) is 322 Å². The van der Waals surface area contributed by atoms with Crippen LogP contribution in [0.1, 0.15) is 85.0 Å². The first-order valence-electron chi connectivity index (χ1n) is 27.3. The van der Waals surface area contributed by atoms with Crippen LogP contribution >= 0.6 is 0 Å². The highest BCUT2D eigenvalue weighted by Crippen LogP contribution is 2.48. The number of cyclic esters (lactones) is 1. The largest absolute Gasteiger partial charge is 0.459 e. The zero-order valence-corrected chi connectivity index (χ0v) is 45.7. The van der Waals surface area contributed by atoms with Gasteiger partial charge in [-0.05, 0) is 66.5 Å². The van der Waals surface area contributed by atoms with Gasteiger partial charge in [0.2, 0.25) is 41.4 Å². The predicted molar refractivity (Wildman–Crippen MR) is 290 cm³/mol. The molecule has 8 rings (SSSR count). The molecule has 1 aliphatic carbocycles. The third-order valence-corrected chi connectivity index (χ3v) is 14.8. The highest BCUT2D eigenvalue weighted by molar-refractivity contribution is 6.13. The molecule has 3 atom stereocenters. The van der Waals surface area contributed by atoms with Gasteiger partial charge in [-0.3, -0.25) is 48.1 Å². The van der Waals surface area contributed by atoms with Gasteiger partial charge in [0.25, 0.3) is 11.8 Å². The molecule has 9 amide bonds. The number of fused-ring (bicyclic) bond motifs is 4. The number of hydrogen-bond acceptors (Lipinski definition) is 16. The number of nitrogens with one attached hydrogen (secondary N) is 7. The van der Waals surface area contributed by atoms with Gasteiger partial charge in [0.15, 0.2) is 5.60 Å². The number of carbonyl (C=O) groups excluding carboxylic acids is 10. The van der Waals surface area contributed by atoms with E-state index in [2.05, 4.69) is 42.1 Å². The Kier molecular flexibility index (Phi) is 19.9. The molecular weight excluding hydrogens is 1070 g/mol. The summed E-state index contributed by atoms with van der Waals surface area (Å²) in [7, 11) is 0. The Balaban J connectivity index is 0.729. The van der Waals surface area contributed by atoms with Crippen LogP contribution in [0.4, 0.5) is 4.39 Å². The molecule has 4 aliphatic heterocycles. The van der Waals surface area contributed by atoms with E-state index in [1.165, 1.54) is 6.07 Å². The number of pyridine rings is 1. The number of amides is 9. The molecule has 24 nitrogen and oxygen atoms in total. The Morgan fingerprint density at radius 2 is 1.49 bits per heavy atom. The lowest BCUT2D eigenvalue weighted by molar-refractivity contribution is -0.163. The fourth-order valence-electron chi connectivity index (χ4n) is 10.4. The maximum absolute atomic E-state index is 15.4. The van der Waals surface area contributed by atoms with Gasteiger partial charge in [-0.2, -0.15) is 0 Å². The van der Waals surface area contributed by atoms with E-state index in [0.29, 0.717) is 59.5 Å². The Bertz CT molecular complexity index is 3110. The van der Waals surface area contributed by atoms with Gasteiger partial charge in [-0.1, -0.05) is 37.3 Å². The lowest BCUT2D eigenvalue weighted by Gasteiger charge is -2.37. The number of esters is 1. The number of rotatable bonds is 28. The quantitative estimate of drug-likeness (QED) is 0.0265. The third kappa shape index (κ3) is 14.5. The molecule has 8 N–H and O–H groups in total. The second kappa shape index (κ2) is 27.4. The molecule has 0 unspecified atom stereocenters. The van der Waals surface area contributed by atoms with E-state index < -0.39 is 84.6 Å². The molecule has 3 aromatic rings. The highest BCUT2D eigenvalue weighted by atomic mass is 19.1. The van der Waals surface area contributed by atoms with Crippen molar-refractivity contribution in [2.75, 3.05) is 78.8 Å². The first-order chi connectivity index (χ1) is 39.4. The van der Waals surface area contributed by atoms with Crippen molar-refractivity contribution in [3.63, 3.8) is 0 Å². The molecule has 82 heavy (non-hydrogen) atoms. The molecule has 0 bridgehead atoms. The molecule has 1 aromatic heterocycles. The number of carbonyl (C=O) groups is 10. The van der Waals surface area contributed by atoms with Gasteiger partial charge in [0.1, 0.15) is 18.5 Å². The molecular formula is C57H67FN10O14. The number of aliphatic hydroxyl groups is 1. The first kappa shape index (κ1) is 59.7. The van der Waals surface area contributed by atoms with E-state index in [0.717, 1.165) is 44.7 Å². The highest BCUT2D eigenvalue weighted by Gasteiger charge is 2.47. The zero-order chi connectivity index (χ0) is 58.5. The number of imide groups is 1. The number of hydrogen-bond donors (Lipinski definition) is 8. The van der Waals surface area contributed by atoms with E-state index in [1.54, 1.807) is 50.3 Å². The van der Waals surface area contributed by atoms with Crippen molar-refractivity contribution >= 4 is 75.7 Å². The molecule has 5 heterocycles. The van der Waals surface area contributed by atoms with Crippen LogP contribution in [0, 0.1) is 12.7 Å². The van der Waals surface area contributed by atoms with Crippen LogP contribution in [-0.4, -0.2) is 170 Å². The van der Waals surface area contributed by atoms with Crippen LogP contribution in [0.5, 0.6) is 0 Å². The predicted octanol–water partition coefficient (Wildman–Crippen LogP) is -0.222. The SMILES string of the molecule is CC[C@@]1(O)C(=O)OCC2=C1C=C1c3nc4cc(F)c(C)c5c4c(c3CN1C2)[C@@H](NC(=O)CCCNC(=O)CNC(=O)[C@H](Cc1ccccc1)NC(=O)CNC(=O)CNC(=O)CCOCCOCCNC(=O)CCN1C(=O)C=CC1=O)CC5. The maximum atomic E-state index is 15.4. The summed E-state index contributed by atoms with van der Waals surface area (Å²) in [6, 6.07) is 8.67. The van der Waals surface area contributed by atoms with Gasteiger partial charge >= 0.3 is 5.97 Å². The maximum Gasteiger partial charge on any atom is 0.343 e. The lowest BCUT2D eigenvalue weighted by atomic mass is 9.81. The standard InChI is InChI=1S/C57H67FN10O14/c1-3-57(79)38-25-43-54-37(31-67(43)30-35(38)32-82-56(57)78)53-40(12-11-36-33(2)39(58)26-41(66-54)52(36)53)64-46(71)10-7-17-59-47(72)28-63-55(77)42(24-34-8-5-4-6-9-34)65-49(74)29-62-48(73)27-61-45(70)16-20-80-22-23-81-21-18-60-44(69)15-19-68-50(75)13-14-51(68)76/h4-6,8-9,13-14,25-26,40,42,79H,3,7,10-12,15-24,27-32H2,1-2H3,(H,59,72)(H,60,69)(H,61,70)(H,62,73)(H,63,77)(H,64,71)(H,65,74)/t40-,42-,57-/m0/s1. The lowest BCUT2D eigenvalue weighted by Crippen LogP contribution is -2.52. The van der Waals surface area contributed by atoms with Crippen molar-refractivity contribution in [1.29, 1.82) is 0 Å². The Hall–Kier alpha value is -8.42. The van der Waals surface area contributed by atoms with E-state index in [1.807, 2.05) is 0 Å². The van der Waals surface area contributed by atoms with Gasteiger partial charge in [0.05, 0.1) is 69.0 Å². The minimum atomic E-state index is -1.81. The summed E-state index contributed by atoms with van der Waals surface area (Å²) in [5.41, 5.74) is 5.01. The van der Waals surface area contributed by atoms with Crippen LogP contribution < -0.4 is 37.2 Å². The van der Waals surface area contributed by atoms with E-state index in [9.17, 15) is 53.1 Å². The molecule has 2 aromatic carbocycles. The molecule has 0 fully saturated rings. The molecule has 0 saturated heterocycles. The number of aryl methyl sites for hydroxylation is 1. The molecule has 0 saturated carbocycles. The normalized spacial score (nSPS) is 18.0. The first-order valence-corrected chi connectivity index (χ1v) is 27.3. The second-order valence-corrected chi connectivity index (χ2v) is 20.3. The van der Waals surface area contributed by atoms with E-state index in [4.69, 9.17) is 19.2 Å². The molecule has 25 heteroatoms. The Morgan fingerprint density at radius 1 is 0.805 bits per heavy atom. The summed E-state index contributed by atoms with van der Waals surface area (Å²) in [5.74, 6) is -5.68. The summed E-state index contributed by atoms with van der Waals surface area (Å²) in [4.78, 5) is 134. The van der Waals surface area contributed by atoms with Crippen molar-refractivity contribution in [1.82, 2.24) is 52.0 Å². The third-order valence-electron chi connectivity index (χ3n) is 14.8. The van der Waals surface area contributed by atoms with Gasteiger partial charge < -0.3 is 61.4 Å². The Labute approximate surface area is 471 Å². The average Bonchev–Trinajstić information content (AvgIpc) is 4.14. The number of ether oxygens (including phenoxy) is 3. The van der Waals surface area contributed by atoms with Crippen LogP contribution in [0.15, 0.2) is 65.8 Å². The van der Waals surface area contributed by atoms with Crippen LogP contribution in [0.2, 0.25) is 0 Å². The van der Waals surface area contributed by atoms with Crippen molar-refractivity contribution in [3.05, 3.63) is 105 Å². The van der Waals surface area contributed by atoms with Crippen LogP contribution in [0.3, 0.4) is 0 Å². The summed E-state index contributed by atoms with van der Waals surface area (Å²) < 4.78 is 31.5. The van der Waals surface area contributed by atoms with Crippen LogP contribution in [-0.2, 0) is 81.5 Å². The number of nitrogens with zero attached hydrogens (tertiary/aromatic N) is 3. The summed E-state index contributed by atoms with van der Waals surface area (Å²) >= 11 is 0. The van der Waals surface area contributed by atoms with Gasteiger partial charge in [-0.15, -0.1) is 0 Å². The summed E-state index contributed by atoms with van der Waals surface area (Å²) in [6.45, 7) is 3.78.